The van der Waals surface area contributed by atoms with Crippen molar-refractivity contribution in [1.29, 1.82) is 0 Å². The molecule has 0 aliphatic rings. The summed E-state index contributed by atoms with van der Waals surface area (Å²) in [6, 6.07) is 7.18. The first-order valence-corrected chi connectivity index (χ1v) is 6.34. The molecule has 0 saturated heterocycles. The van der Waals surface area contributed by atoms with Crippen LogP contribution in [0.25, 0.3) is 10.4 Å². The highest BCUT2D eigenvalue weighted by Gasteiger charge is 2.10. The summed E-state index contributed by atoms with van der Waals surface area (Å²) < 4.78 is 1.05. The number of aryl methyl sites for hydroxylation is 1. The number of carboxylic acid groups (broad SMARTS) is 1. The predicted octanol–water partition coefficient (Wildman–Crippen LogP) is 4.18. The maximum atomic E-state index is 10.8. The van der Waals surface area contributed by atoms with Crippen LogP contribution in [0.3, 0.4) is 0 Å². The number of rotatable bonds is 2. The SMILES string of the molecule is Cc1cc(C(=O)O)ccc1-c1sccc1Br. The minimum atomic E-state index is -0.889. The van der Waals surface area contributed by atoms with E-state index in [1.54, 1.807) is 23.5 Å². The zero-order valence-corrected chi connectivity index (χ0v) is 10.9. The van der Waals surface area contributed by atoms with Gasteiger partial charge in [-0.1, -0.05) is 6.07 Å². The lowest BCUT2D eigenvalue weighted by Crippen LogP contribution is -1.96. The van der Waals surface area contributed by atoms with Gasteiger partial charge in [0, 0.05) is 9.35 Å². The third kappa shape index (κ3) is 2.03. The van der Waals surface area contributed by atoms with Crippen LogP contribution < -0.4 is 0 Å². The Labute approximate surface area is 106 Å². The molecule has 0 unspecified atom stereocenters. The molecule has 0 spiro atoms. The van der Waals surface area contributed by atoms with E-state index in [2.05, 4.69) is 15.9 Å². The van der Waals surface area contributed by atoms with Gasteiger partial charge < -0.3 is 5.11 Å². The van der Waals surface area contributed by atoms with Gasteiger partial charge in [0.05, 0.1) is 5.56 Å². The fourth-order valence-corrected chi connectivity index (χ4v) is 3.22. The van der Waals surface area contributed by atoms with Crippen molar-refractivity contribution in [3.8, 4) is 10.4 Å². The monoisotopic (exact) mass is 296 g/mol. The Bertz CT molecular complexity index is 546. The molecule has 2 rings (SSSR count). The number of carboxylic acids is 1. The molecule has 1 aromatic heterocycles. The molecule has 82 valence electrons. The molecule has 2 aromatic rings. The summed E-state index contributed by atoms with van der Waals surface area (Å²) in [7, 11) is 0. The van der Waals surface area contributed by atoms with E-state index in [-0.39, 0.29) is 0 Å². The normalized spacial score (nSPS) is 10.4. The summed E-state index contributed by atoms with van der Waals surface area (Å²) in [5, 5.41) is 10.9. The molecule has 0 atom stereocenters. The first kappa shape index (κ1) is 11.4. The first-order valence-electron chi connectivity index (χ1n) is 4.67. The van der Waals surface area contributed by atoms with Crippen LogP contribution in [0.2, 0.25) is 0 Å². The van der Waals surface area contributed by atoms with Gasteiger partial charge in [-0.25, -0.2) is 4.79 Å². The molecule has 0 aliphatic heterocycles. The van der Waals surface area contributed by atoms with Crippen LogP contribution >= 0.6 is 27.3 Å². The van der Waals surface area contributed by atoms with E-state index in [0.29, 0.717) is 5.56 Å². The van der Waals surface area contributed by atoms with E-state index in [4.69, 9.17) is 5.11 Å². The molecule has 1 aromatic carbocycles. The summed E-state index contributed by atoms with van der Waals surface area (Å²) in [5.41, 5.74) is 2.38. The smallest absolute Gasteiger partial charge is 0.335 e. The van der Waals surface area contributed by atoms with Gasteiger partial charge in [-0.15, -0.1) is 11.3 Å². The Morgan fingerprint density at radius 1 is 1.38 bits per heavy atom. The van der Waals surface area contributed by atoms with Gasteiger partial charge in [0.15, 0.2) is 0 Å². The fraction of sp³-hybridized carbons (Fsp3) is 0.0833. The second-order valence-electron chi connectivity index (χ2n) is 3.43. The molecule has 1 N–H and O–H groups in total. The van der Waals surface area contributed by atoms with E-state index in [9.17, 15) is 4.79 Å². The van der Waals surface area contributed by atoms with E-state index in [0.717, 1.165) is 20.5 Å². The molecular weight excluding hydrogens is 288 g/mol. The zero-order chi connectivity index (χ0) is 11.7. The van der Waals surface area contributed by atoms with Crippen molar-refractivity contribution >= 4 is 33.2 Å². The van der Waals surface area contributed by atoms with Crippen molar-refractivity contribution in [3.63, 3.8) is 0 Å². The highest BCUT2D eigenvalue weighted by molar-refractivity contribution is 9.10. The number of benzene rings is 1. The van der Waals surface area contributed by atoms with Crippen molar-refractivity contribution in [1.82, 2.24) is 0 Å². The predicted molar refractivity (Wildman–Crippen MR) is 69.2 cm³/mol. The highest BCUT2D eigenvalue weighted by Crippen LogP contribution is 2.35. The lowest BCUT2D eigenvalue weighted by Gasteiger charge is -2.05. The Kier molecular flexibility index (Phi) is 3.12. The summed E-state index contributed by atoms with van der Waals surface area (Å²) in [6.07, 6.45) is 0. The minimum Gasteiger partial charge on any atom is -0.478 e. The number of thiophene rings is 1. The van der Waals surface area contributed by atoms with Gasteiger partial charge in [-0.2, -0.15) is 0 Å². The number of hydrogen-bond acceptors (Lipinski definition) is 2. The van der Waals surface area contributed by atoms with Crippen molar-refractivity contribution in [2.24, 2.45) is 0 Å². The fourth-order valence-electron chi connectivity index (χ4n) is 1.54. The van der Waals surface area contributed by atoms with Crippen molar-refractivity contribution in [2.45, 2.75) is 6.92 Å². The van der Waals surface area contributed by atoms with Crippen molar-refractivity contribution in [3.05, 3.63) is 45.2 Å². The zero-order valence-electron chi connectivity index (χ0n) is 8.53. The van der Waals surface area contributed by atoms with E-state index in [1.807, 2.05) is 24.4 Å². The molecule has 4 heteroatoms. The number of aromatic carboxylic acids is 1. The maximum Gasteiger partial charge on any atom is 0.335 e. The number of hydrogen-bond donors (Lipinski definition) is 1. The third-order valence-electron chi connectivity index (χ3n) is 2.34. The Morgan fingerprint density at radius 2 is 2.12 bits per heavy atom. The van der Waals surface area contributed by atoms with Gasteiger partial charge >= 0.3 is 5.97 Å². The summed E-state index contributed by atoms with van der Waals surface area (Å²) in [4.78, 5) is 11.9. The van der Waals surface area contributed by atoms with Crippen LogP contribution in [0.5, 0.6) is 0 Å². The standard InChI is InChI=1S/C12H9BrO2S/c1-7-6-8(12(14)15)2-3-9(7)11-10(13)4-5-16-11/h2-6H,1H3,(H,14,15). The Hall–Kier alpha value is -1.13. The van der Waals surface area contributed by atoms with Crippen molar-refractivity contribution < 1.29 is 9.90 Å². The second kappa shape index (κ2) is 4.39. The van der Waals surface area contributed by atoms with E-state index < -0.39 is 5.97 Å². The second-order valence-corrected chi connectivity index (χ2v) is 5.20. The number of halogens is 1. The van der Waals surface area contributed by atoms with Gasteiger partial charge in [0.25, 0.3) is 0 Å². The van der Waals surface area contributed by atoms with Gasteiger partial charge in [-0.05, 0) is 57.6 Å². The quantitative estimate of drug-likeness (QED) is 0.902. The molecule has 0 fully saturated rings. The average molecular weight is 297 g/mol. The molecule has 0 saturated carbocycles. The molecule has 0 aliphatic carbocycles. The Balaban J connectivity index is 2.52. The largest absolute Gasteiger partial charge is 0.478 e. The topological polar surface area (TPSA) is 37.3 Å². The van der Waals surface area contributed by atoms with E-state index in [1.165, 1.54) is 0 Å². The van der Waals surface area contributed by atoms with Crippen LogP contribution in [-0.4, -0.2) is 11.1 Å². The molecule has 2 nitrogen and oxygen atoms in total. The van der Waals surface area contributed by atoms with Crippen LogP contribution in [0.1, 0.15) is 15.9 Å². The molecule has 16 heavy (non-hydrogen) atoms. The van der Waals surface area contributed by atoms with Gasteiger partial charge in [0.1, 0.15) is 0 Å². The van der Waals surface area contributed by atoms with Crippen LogP contribution in [-0.2, 0) is 0 Å². The molecular formula is C12H9BrO2S. The van der Waals surface area contributed by atoms with Crippen LogP contribution in [0, 0.1) is 6.92 Å². The lowest BCUT2D eigenvalue weighted by molar-refractivity contribution is 0.0697. The third-order valence-corrected chi connectivity index (χ3v) is 4.21. The highest BCUT2D eigenvalue weighted by atomic mass is 79.9. The summed E-state index contributed by atoms with van der Waals surface area (Å²) in [5.74, 6) is -0.889. The number of carbonyl (C=O) groups is 1. The first-order chi connectivity index (χ1) is 7.59. The molecule has 0 radical (unpaired) electrons. The lowest BCUT2D eigenvalue weighted by atomic mass is 10.0. The van der Waals surface area contributed by atoms with Gasteiger partial charge in [-0.3, -0.25) is 0 Å². The van der Waals surface area contributed by atoms with Gasteiger partial charge in [0.2, 0.25) is 0 Å². The maximum absolute atomic E-state index is 10.8. The molecule has 1 heterocycles. The van der Waals surface area contributed by atoms with Crippen molar-refractivity contribution in [2.75, 3.05) is 0 Å². The van der Waals surface area contributed by atoms with Crippen LogP contribution in [0.4, 0.5) is 0 Å². The Morgan fingerprint density at radius 3 is 2.62 bits per heavy atom. The molecule has 0 amide bonds. The summed E-state index contributed by atoms with van der Waals surface area (Å²) in [6.45, 7) is 1.92. The minimum absolute atomic E-state index is 0.328. The average Bonchev–Trinajstić information content (AvgIpc) is 2.64. The summed E-state index contributed by atoms with van der Waals surface area (Å²) >= 11 is 5.12. The van der Waals surface area contributed by atoms with E-state index >= 15 is 0 Å². The molecule has 0 bridgehead atoms. The van der Waals surface area contributed by atoms with Crippen LogP contribution in [0.15, 0.2) is 34.1 Å².